The van der Waals surface area contributed by atoms with Gasteiger partial charge in [0.1, 0.15) is 6.61 Å². The van der Waals surface area contributed by atoms with Crippen LogP contribution in [-0.2, 0) is 16.1 Å². The van der Waals surface area contributed by atoms with Gasteiger partial charge in [0.25, 0.3) is 0 Å². The second-order valence-electron chi connectivity index (χ2n) is 8.56. The minimum absolute atomic E-state index is 0.106. The number of hydrogen-bond donors (Lipinski definition) is 1. The minimum Gasteiger partial charge on any atom is -0.493 e. The zero-order valence-electron chi connectivity index (χ0n) is 20.1. The van der Waals surface area contributed by atoms with Crippen molar-refractivity contribution in [2.24, 2.45) is 0 Å². The second-order valence-corrected chi connectivity index (χ2v) is 9.72. The summed E-state index contributed by atoms with van der Waals surface area (Å²) in [7, 11) is 2.93. The van der Waals surface area contributed by atoms with Crippen LogP contribution in [0.3, 0.4) is 0 Å². The molecule has 0 saturated heterocycles. The van der Waals surface area contributed by atoms with Crippen molar-refractivity contribution in [1.29, 1.82) is 0 Å². The van der Waals surface area contributed by atoms with Gasteiger partial charge in [-0.05, 0) is 52.8 Å². The number of nitrogens with one attached hydrogen (secondary N) is 1. The van der Waals surface area contributed by atoms with E-state index in [1.54, 1.807) is 7.11 Å². The fourth-order valence-electron chi connectivity index (χ4n) is 4.82. The van der Waals surface area contributed by atoms with Gasteiger partial charge in [0.05, 0.1) is 29.1 Å². The monoisotopic (exact) mass is 593 g/mol. The molecule has 1 atom stereocenters. The summed E-state index contributed by atoms with van der Waals surface area (Å²) in [6.45, 7) is 2.21. The number of benzene rings is 3. The lowest BCUT2D eigenvalue weighted by molar-refractivity contribution is -0.136. The smallest absolute Gasteiger partial charge is 0.336 e. The number of dihydropyridines is 1. The van der Waals surface area contributed by atoms with E-state index in [2.05, 4.69) is 27.9 Å². The molecule has 0 fully saturated rings. The highest BCUT2D eigenvalue weighted by molar-refractivity contribution is 14.1. The minimum atomic E-state index is -0.626. The summed E-state index contributed by atoms with van der Waals surface area (Å²) in [6.07, 6.45) is 0. The number of allylic oxidation sites excluding steroid dienone is 2. The van der Waals surface area contributed by atoms with Gasteiger partial charge < -0.3 is 19.5 Å². The topological polar surface area (TPSA) is 73.9 Å². The van der Waals surface area contributed by atoms with Crippen molar-refractivity contribution in [3.05, 3.63) is 109 Å². The van der Waals surface area contributed by atoms with Crippen LogP contribution in [0.1, 0.15) is 39.9 Å². The summed E-state index contributed by atoms with van der Waals surface area (Å²) in [4.78, 5) is 26.6. The molecule has 0 aromatic heterocycles. The normalized spacial score (nSPS) is 16.3. The quantitative estimate of drug-likeness (QED) is 0.296. The second kappa shape index (κ2) is 9.81. The van der Waals surface area contributed by atoms with Gasteiger partial charge in [-0.2, -0.15) is 0 Å². The van der Waals surface area contributed by atoms with Gasteiger partial charge in [0, 0.05) is 28.3 Å². The molecule has 1 aliphatic carbocycles. The molecule has 0 radical (unpaired) electrons. The summed E-state index contributed by atoms with van der Waals surface area (Å²) in [6, 6.07) is 21.1. The predicted octanol–water partition coefficient (Wildman–Crippen LogP) is 5.62. The number of fused-ring (bicyclic) bond motifs is 2. The first-order chi connectivity index (χ1) is 17.4. The van der Waals surface area contributed by atoms with Gasteiger partial charge in [-0.15, -0.1) is 0 Å². The van der Waals surface area contributed by atoms with E-state index < -0.39 is 11.9 Å². The summed E-state index contributed by atoms with van der Waals surface area (Å²) >= 11 is 2.20. The lowest BCUT2D eigenvalue weighted by Crippen LogP contribution is -2.29. The predicted molar refractivity (Wildman–Crippen MR) is 145 cm³/mol. The number of carbonyl (C=O) groups is 2. The van der Waals surface area contributed by atoms with Crippen molar-refractivity contribution < 1.29 is 23.8 Å². The zero-order chi connectivity index (χ0) is 25.4. The maximum Gasteiger partial charge on any atom is 0.336 e. The number of ether oxygens (including phenoxy) is 3. The number of halogens is 1. The first-order valence-corrected chi connectivity index (χ1v) is 12.5. The fourth-order valence-corrected chi connectivity index (χ4v) is 5.60. The molecular formula is C29H24INO5. The Kier molecular flexibility index (Phi) is 6.57. The Bertz CT molecular complexity index is 1440. The van der Waals surface area contributed by atoms with Crippen molar-refractivity contribution in [2.45, 2.75) is 19.4 Å². The molecule has 1 heterocycles. The molecule has 0 saturated carbocycles. The Hall–Kier alpha value is -3.59. The molecule has 1 aliphatic heterocycles. The van der Waals surface area contributed by atoms with Crippen LogP contribution in [0.2, 0.25) is 0 Å². The van der Waals surface area contributed by atoms with Crippen LogP contribution in [-0.4, -0.2) is 26.0 Å². The zero-order valence-corrected chi connectivity index (χ0v) is 22.2. The fraction of sp³-hybridized carbons (Fsp3) is 0.172. The molecule has 36 heavy (non-hydrogen) atoms. The maximum absolute atomic E-state index is 13.6. The molecule has 5 rings (SSSR count). The molecular weight excluding hydrogens is 569 g/mol. The third kappa shape index (κ3) is 4.07. The van der Waals surface area contributed by atoms with Crippen molar-refractivity contribution in [3.63, 3.8) is 0 Å². The molecule has 6 nitrogen and oxygen atoms in total. The third-order valence-corrected chi connectivity index (χ3v) is 7.27. The highest BCUT2D eigenvalue weighted by atomic mass is 127. The molecule has 0 bridgehead atoms. The van der Waals surface area contributed by atoms with Crippen molar-refractivity contribution in [1.82, 2.24) is 5.32 Å². The summed E-state index contributed by atoms with van der Waals surface area (Å²) in [5.41, 5.74) is 5.52. The Morgan fingerprint density at radius 1 is 1.00 bits per heavy atom. The van der Waals surface area contributed by atoms with Crippen LogP contribution in [0, 0.1) is 3.57 Å². The molecule has 3 aromatic rings. The average Bonchev–Trinajstić information content (AvgIpc) is 3.18. The van der Waals surface area contributed by atoms with E-state index >= 15 is 0 Å². The van der Waals surface area contributed by atoms with E-state index in [9.17, 15) is 9.59 Å². The van der Waals surface area contributed by atoms with E-state index in [1.807, 2.05) is 73.7 Å². The largest absolute Gasteiger partial charge is 0.493 e. The lowest BCUT2D eigenvalue weighted by Gasteiger charge is -2.29. The lowest BCUT2D eigenvalue weighted by atomic mass is 9.79. The van der Waals surface area contributed by atoms with E-state index in [0.717, 1.165) is 26.0 Å². The van der Waals surface area contributed by atoms with Crippen LogP contribution >= 0.6 is 22.6 Å². The van der Waals surface area contributed by atoms with Crippen molar-refractivity contribution in [3.8, 4) is 11.5 Å². The van der Waals surface area contributed by atoms with Crippen LogP contribution in [0.15, 0.2) is 83.6 Å². The maximum atomic E-state index is 13.6. The summed E-state index contributed by atoms with van der Waals surface area (Å²) < 4.78 is 17.8. The van der Waals surface area contributed by atoms with Crippen LogP contribution in [0.25, 0.3) is 5.70 Å². The number of carbonyl (C=O) groups excluding carboxylic acids is 2. The Balaban J connectivity index is 1.62. The highest BCUT2D eigenvalue weighted by Crippen LogP contribution is 2.48. The highest BCUT2D eigenvalue weighted by Gasteiger charge is 2.43. The molecule has 0 spiro atoms. The van der Waals surface area contributed by atoms with Gasteiger partial charge in [-0.25, -0.2) is 4.79 Å². The molecule has 3 aromatic carbocycles. The van der Waals surface area contributed by atoms with Gasteiger partial charge in [0.15, 0.2) is 17.3 Å². The van der Waals surface area contributed by atoms with Gasteiger partial charge in [-0.3, -0.25) is 4.79 Å². The van der Waals surface area contributed by atoms with E-state index in [1.165, 1.54) is 7.11 Å². The van der Waals surface area contributed by atoms with E-state index in [0.29, 0.717) is 40.5 Å². The summed E-state index contributed by atoms with van der Waals surface area (Å²) in [5.74, 6) is -0.0863. The molecule has 0 amide bonds. The Morgan fingerprint density at radius 3 is 2.39 bits per heavy atom. The van der Waals surface area contributed by atoms with Gasteiger partial charge in [0.2, 0.25) is 0 Å². The number of Topliss-reactive ketones (excluding diaryl/α,β-unsaturated/α-hetero) is 1. The number of ketones is 1. The molecule has 7 heteroatoms. The number of methoxy groups -OCH3 is 2. The summed E-state index contributed by atoms with van der Waals surface area (Å²) in [5, 5.41) is 3.30. The Labute approximate surface area is 223 Å². The molecule has 1 N–H and O–H groups in total. The molecule has 0 unspecified atom stereocenters. The van der Waals surface area contributed by atoms with Crippen LogP contribution in [0.5, 0.6) is 11.5 Å². The van der Waals surface area contributed by atoms with Crippen molar-refractivity contribution in [2.75, 3.05) is 14.2 Å². The SMILES string of the molecule is COC(=O)C1=C(C)NC2=C(C(=O)c3ccccc32)[C@@H]1c1cc(I)c(OCc2ccccc2)c(OC)c1. The van der Waals surface area contributed by atoms with Crippen LogP contribution in [0.4, 0.5) is 0 Å². The standard InChI is InChI=1S/C29H24INO5/c1-16-23(29(33)35-3)24(25-26(31-16)19-11-7-8-12-20(19)27(25)32)18-13-21(30)28(22(14-18)34-2)36-15-17-9-5-4-6-10-17/h4-14,24,31H,15H2,1-3H3/t24-/m1/s1. The molecule has 182 valence electrons. The van der Waals surface area contributed by atoms with E-state index in [-0.39, 0.29) is 5.78 Å². The van der Waals surface area contributed by atoms with Gasteiger partial charge >= 0.3 is 5.97 Å². The average molecular weight is 593 g/mol. The van der Waals surface area contributed by atoms with Crippen molar-refractivity contribution >= 4 is 40.0 Å². The Morgan fingerprint density at radius 2 is 1.69 bits per heavy atom. The van der Waals surface area contributed by atoms with E-state index in [4.69, 9.17) is 14.2 Å². The first-order valence-electron chi connectivity index (χ1n) is 11.4. The number of hydrogen-bond acceptors (Lipinski definition) is 6. The first kappa shape index (κ1) is 24.1. The molecule has 2 aliphatic rings. The number of esters is 1. The number of rotatable bonds is 6. The van der Waals surface area contributed by atoms with Crippen LogP contribution < -0.4 is 14.8 Å². The third-order valence-electron chi connectivity index (χ3n) is 6.47. The van der Waals surface area contributed by atoms with Gasteiger partial charge in [-0.1, -0.05) is 54.6 Å².